The van der Waals surface area contributed by atoms with Crippen molar-refractivity contribution in [3.63, 3.8) is 0 Å². The Balaban J connectivity index is 1.86. The van der Waals surface area contributed by atoms with Gasteiger partial charge in [0, 0.05) is 46.2 Å². The third-order valence-corrected chi connectivity index (χ3v) is 3.98. The standard InChI is InChI=1S/C13H24N4O2/c1-14-12(18)4-8-16-7-2-3-11(16)13(19)17-9-5-15-6-10-17/h11,15H,2-10H2,1H3,(H,14,18). The number of hydrogen-bond donors (Lipinski definition) is 2. The van der Waals surface area contributed by atoms with Gasteiger partial charge in [-0.3, -0.25) is 14.5 Å². The average molecular weight is 268 g/mol. The molecule has 2 rings (SSSR count). The molecule has 19 heavy (non-hydrogen) atoms. The van der Waals surface area contributed by atoms with E-state index in [9.17, 15) is 9.59 Å². The highest BCUT2D eigenvalue weighted by Crippen LogP contribution is 2.19. The van der Waals surface area contributed by atoms with Crippen LogP contribution >= 0.6 is 0 Å². The van der Waals surface area contributed by atoms with Crippen LogP contribution in [0.5, 0.6) is 0 Å². The summed E-state index contributed by atoms with van der Waals surface area (Å²) in [7, 11) is 1.65. The lowest BCUT2D eigenvalue weighted by molar-refractivity contribution is -0.137. The minimum Gasteiger partial charge on any atom is -0.359 e. The Morgan fingerprint density at radius 2 is 2.00 bits per heavy atom. The number of amides is 2. The largest absolute Gasteiger partial charge is 0.359 e. The zero-order chi connectivity index (χ0) is 13.7. The smallest absolute Gasteiger partial charge is 0.240 e. The fourth-order valence-electron chi connectivity index (χ4n) is 2.84. The number of nitrogens with one attached hydrogen (secondary N) is 2. The molecule has 1 atom stereocenters. The molecule has 0 bridgehead atoms. The van der Waals surface area contributed by atoms with Gasteiger partial charge < -0.3 is 15.5 Å². The molecule has 2 heterocycles. The van der Waals surface area contributed by atoms with E-state index in [2.05, 4.69) is 15.5 Å². The lowest BCUT2D eigenvalue weighted by Gasteiger charge is -2.32. The molecule has 2 aliphatic heterocycles. The second-order valence-corrected chi connectivity index (χ2v) is 5.19. The van der Waals surface area contributed by atoms with E-state index in [0.29, 0.717) is 13.0 Å². The summed E-state index contributed by atoms with van der Waals surface area (Å²) in [6.45, 7) is 4.99. The molecule has 108 valence electrons. The van der Waals surface area contributed by atoms with Gasteiger partial charge in [0.25, 0.3) is 0 Å². The van der Waals surface area contributed by atoms with Crippen molar-refractivity contribution in [2.75, 3.05) is 46.3 Å². The summed E-state index contributed by atoms with van der Waals surface area (Å²) in [5.74, 6) is 0.288. The van der Waals surface area contributed by atoms with Crippen LogP contribution in [0.2, 0.25) is 0 Å². The molecule has 0 saturated carbocycles. The minimum atomic E-state index is -0.0113. The molecule has 0 aromatic heterocycles. The molecule has 0 aromatic rings. The van der Waals surface area contributed by atoms with Crippen molar-refractivity contribution < 1.29 is 9.59 Å². The number of piperazine rings is 1. The zero-order valence-electron chi connectivity index (χ0n) is 11.7. The van der Waals surface area contributed by atoms with E-state index in [4.69, 9.17) is 0 Å². The Hall–Kier alpha value is -1.14. The normalized spacial score (nSPS) is 24.5. The van der Waals surface area contributed by atoms with Gasteiger partial charge in [0.05, 0.1) is 6.04 Å². The lowest BCUT2D eigenvalue weighted by Crippen LogP contribution is -2.52. The first kappa shape index (κ1) is 14.3. The first-order chi connectivity index (χ1) is 9.22. The van der Waals surface area contributed by atoms with Gasteiger partial charge in [-0.1, -0.05) is 0 Å². The second kappa shape index (κ2) is 6.86. The Bertz CT molecular complexity index is 329. The minimum absolute atomic E-state index is 0.0113. The molecule has 2 saturated heterocycles. The maximum atomic E-state index is 12.5. The van der Waals surface area contributed by atoms with E-state index in [0.717, 1.165) is 45.6 Å². The molecule has 0 aliphatic carbocycles. The van der Waals surface area contributed by atoms with Gasteiger partial charge in [-0.2, -0.15) is 0 Å². The Kier molecular flexibility index (Phi) is 5.15. The van der Waals surface area contributed by atoms with Gasteiger partial charge in [0.1, 0.15) is 0 Å². The molecule has 2 amide bonds. The fourth-order valence-corrected chi connectivity index (χ4v) is 2.84. The number of carbonyl (C=O) groups excluding carboxylic acids is 2. The van der Waals surface area contributed by atoms with Crippen molar-refractivity contribution in [3.8, 4) is 0 Å². The van der Waals surface area contributed by atoms with E-state index in [-0.39, 0.29) is 17.9 Å². The summed E-state index contributed by atoms with van der Waals surface area (Å²) in [6, 6.07) is -0.0113. The molecule has 2 N–H and O–H groups in total. The maximum Gasteiger partial charge on any atom is 0.240 e. The lowest BCUT2D eigenvalue weighted by atomic mass is 10.1. The van der Waals surface area contributed by atoms with Crippen molar-refractivity contribution in [2.45, 2.75) is 25.3 Å². The molecular formula is C13H24N4O2. The van der Waals surface area contributed by atoms with Crippen LogP contribution in [0.25, 0.3) is 0 Å². The maximum absolute atomic E-state index is 12.5. The van der Waals surface area contributed by atoms with Crippen molar-refractivity contribution in [2.24, 2.45) is 0 Å². The van der Waals surface area contributed by atoms with Crippen LogP contribution in [-0.4, -0.2) is 74.0 Å². The van der Waals surface area contributed by atoms with Gasteiger partial charge in [0.15, 0.2) is 0 Å². The molecule has 0 aromatic carbocycles. The van der Waals surface area contributed by atoms with Gasteiger partial charge in [0.2, 0.25) is 11.8 Å². The van der Waals surface area contributed by atoms with Crippen LogP contribution in [0.4, 0.5) is 0 Å². The molecule has 2 aliphatic rings. The van der Waals surface area contributed by atoms with Crippen molar-refractivity contribution in [1.29, 1.82) is 0 Å². The molecular weight excluding hydrogens is 244 g/mol. The van der Waals surface area contributed by atoms with Crippen LogP contribution in [0.15, 0.2) is 0 Å². The van der Waals surface area contributed by atoms with Gasteiger partial charge in [-0.25, -0.2) is 0 Å². The molecule has 6 nitrogen and oxygen atoms in total. The molecule has 6 heteroatoms. The van der Waals surface area contributed by atoms with E-state index in [1.54, 1.807) is 7.05 Å². The number of nitrogens with zero attached hydrogens (tertiary/aromatic N) is 2. The summed E-state index contributed by atoms with van der Waals surface area (Å²) >= 11 is 0. The Morgan fingerprint density at radius 3 is 2.68 bits per heavy atom. The first-order valence-electron chi connectivity index (χ1n) is 7.16. The van der Waals surface area contributed by atoms with Crippen LogP contribution in [-0.2, 0) is 9.59 Å². The molecule has 1 unspecified atom stereocenters. The van der Waals surface area contributed by atoms with Gasteiger partial charge in [-0.05, 0) is 19.4 Å². The number of likely N-dealkylation sites (tertiary alicyclic amines) is 1. The highest BCUT2D eigenvalue weighted by molar-refractivity contribution is 5.82. The number of hydrogen-bond acceptors (Lipinski definition) is 4. The quantitative estimate of drug-likeness (QED) is 0.688. The Labute approximate surface area is 114 Å². The second-order valence-electron chi connectivity index (χ2n) is 5.19. The summed E-state index contributed by atoms with van der Waals surface area (Å²) < 4.78 is 0. The molecule has 0 spiro atoms. The summed E-state index contributed by atoms with van der Waals surface area (Å²) in [4.78, 5) is 27.9. The molecule has 0 radical (unpaired) electrons. The topological polar surface area (TPSA) is 64.7 Å². The Morgan fingerprint density at radius 1 is 1.26 bits per heavy atom. The van der Waals surface area contributed by atoms with Crippen molar-refractivity contribution in [1.82, 2.24) is 20.4 Å². The monoisotopic (exact) mass is 268 g/mol. The van der Waals surface area contributed by atoms with Crippen molar-refractivity contribution in [3.05, 3.63) is 0 Å². The number of rotatable bonds is 4. The van der Waals surface area contributed by atoms with E-state index in [1.165, 1.54) is 0 Å². The molecule has 2 fully saturated rings. The summed E-state index contributed by atoms with van der Waals surface area (Å²) in [5.41, 5.74) is 0. The van der Waals surface area contributed by atoms with E-state index in [1.807, 2.05) is 4.90 Å². The van der Waals surface area contributed by atoms with E-state index >= 15 is 0 Å². The predicted molar refractivity (Wildman–Crippen MR) is 72.7 cm³/mol. The van der Waals surface area contributed by atoms with Crippen LogP contribution in [0.1, 0.15) is 19.3 Å². The van der Waals surface area contributed by atoms with E-state index < -0.39 is 0 Å². The van der Waals surface area contributed by atoms with Crippen molar-refractivity contribution >= 4 is 11.8 Å². The van der Waals surface area contributed by atoms with Gasteiger partial charge in [-0.15, -0.1) is 0 Å². The number of carbonyl (C=O) groups is 2. The van der Waals surface area contributed by atoms with Gasteiger partial charge >= 0.3 is 0 Å². The zero-order valence-corrected chi connectivity index (χ0v) is 11.7. The summed E-state index contributed by atoms with van der Waals surface area (Å²) in [6.07, 6.45) is 2.45. The van der Waals surface area contributed by atoms with Crippen LogP contribution < -0.4 is 10.6 Å². The highest BCUT2D eigenvalue weighted by Gasteiger charge is 2.33. The highest BCUT2D eigenvalue weighted by atomic mass is 16.2. The third kappa shape index (κ3) is 3.67. The third-order valence-electron chi connectivity index (χ3n) is 3.98. The van der Waals surface area contributed by atoms with Crippen LogP contribution in [0, 0.1) is 0 Å². The van der Waals surface area contributed by atoms with Crippen LogP contribution in [0.3, 0.4) is 0 Å². The SMILES string of the molecule is CNC(=O)CCN1CCCC1C(=O)N1CCNCC1. The fraction of sp³-hybridized carbons (Fsp3) is 0.846. The summed E-state index contributed by atoms with van der Waals surface area (Å²) in [5, 5.41) is 5.89. The predicted octanol–water partition coefficient (Wildman–Crippen LogP) is -0.981. The average Bonchev–Trinajstić information content (AvgIpc) is 2.93. The first-order valence-corrected chi connectivity index (χ1v) is 7.16.